The number of rotatable bonds is 5. The van der Waals surface area contributed by atoms with Gasteiger partial charge in [0.05, 0.1) is 0 Å². The summed E-state index contributed by atoms with van der Waals surface area (Å²) in [5, 5.41) is 0.632. The molecule has 5 heteroatoms. The maximum Gasteiger partial charge on any atom is 0.126 e. The first-order chi connectivity index (χ1) is 9.60. The van der Waals surface area contributed by atoms with Crippen molar-refractivity contribution in [3.63, 3.8) is 0 Å². The van der Waals surface area contributed by atoms with Crippen LogP contribution in [-0.2, 0) is 12.8 Å². The Hall–Kier alpha value is -1.49. The Kier molecular flexibility index (Phi) is 5.06. The third-order valence-electron chi connectivity index (χ3n) is 3.13. The van der Waals surface area contributed by atoms with Crippen LogP contribution in [-0.4, -0.2) is 6.04 Å². The van der Waals surface area contributed by atoms with Crippen LogP contribution in [0.3, 0.4) is 0 Å². The van der Waals surface area contributed by atoms with Gasteiger partial charge >= 0.3 is 0 Å². The van der Waals surface area contributed by atoms with Gasteiger partial charge in [-0.3, -0.25) is 11.3 Å². The molecule has 0 radical (unpaired) electrons. The van der Waals surface area contributed by atoms with Gasteiger partial charge < -0.3 is 0 Å². The van der Waals surface area contributed by atoms with E-state index in [1.807, 2.05) is 18.2 Å². The standard InChI is InChI=1S/C15H15ClF2N2/c16-14-4-2-1-3-10(14)8-13(20-19)9-11-7-12(17)5-6-15(11)18/h1-7,13,20H,8-9,19H2. The van der Waals surface area contributed by atoms with Crippen molar-refractivity contribution in [2.75, 3.05) is 0 Å². The van der Waals surface area contributed by atoms with Crippen LogP contribution < -0.4 is 11.3 Å². The highest BCUT2D eigenvalue weighted by atomic mass is 35.5. The summed E-state index contributed by atoms with van der Waals surface area (Å²) in [7, 11) is 0. The molecule has 2 aromatic rings. The maximum atomic E-state index is 13.6. The molecule has 1 atom stereocenters. The third-order valence-corrected chi connectivity index (χ3v) is 3.50. The fourth-order valence-corrected chi connectivity index (χ4v) is 2.30. The molecule has 0 aliphatic rings. The first-order valence-electron chi connectivity index (χ1n) is 6.23. The summed E-state index contributed by atoms with van der Waals surface area (Å²) in [6, 6.07) is 10.5. The van der Waals surface area contributed by atoms with E-state index >= 15 is 0 Å². The van der Waals surface area contributed by atoms with Gasteiger partial charge in [-0.2, -0.15) is 0 Å². The summed E-state index contributed by atoms with van der Waals surface area (Å²) in [5.41, 5.74) is 3.83. The van der Waals surface area contributed by atoms with Crippen LogP contribution in [0.25, 0.3) is 0 Å². The molecule has 1 unspecified atom stereocenters. The Bertz CT molecular complexity index is 590. The number of benzene rings is 2. The van der Waals surface area contributed by atoms with Crippen LogP contribution in [0.2, 0.25) is 5.02 Å². The first-order valence-corrected chi connectivity index (χ1v) is 6.61. The van der Waals surface area contributed by atoms with Crippen molar-refractivity contribution in [1.82, 2.24) is 5.43 Å². The minimum Gasteiger partial charge on any atom is -0.271 e. The van der Waals surface area contributed by atoms with Crippen LogP contribution in [0.1, 0.15) is 11.1 Å². The molecule has 0 aliphatic heterocycles. The number of halogens is 3. The van der Waals surface area contributed by atoms with Crippen molar-refractivity contribution >= 4 is 11.6 Å². The van der Waals surface area contributed by atoms with Gasteiger partial charge in [-0.15, -0.1) is 0 Å². The molecule has 0 bridgehead atoms. The summed E-state index contributed by atoms with van der Waals surface area (Å²) >= 11 is 6.08. The Balaban J connectivity index is 2.13. The molecule has 0 saturated heterocycles. The molecular formula is C15H15ClF2N2. The fraction of sp³-hybridized carbons (Fsp3) is 0.200. The number of hydrogen-bond acceptors (Lipinski definition) is 2. The van der Waals surface area contributed by atoms with E-state index in [1.54, 1.807) is 6.07 Å². The predicted octanol–water partition coefficient (Wildman–Crippen LogP) is 3.24. The highest BCUT2D eigenvalue weighted by Crippen LogP contribution is 2.19. The van der Waals surface area contributed by atoms with E-state index in [1.165, 1.54) is 6.07 Å². The normalized spacial score (nSPS) is 12.4. The van der Waals surface area contributed by atoms with Crippen molar-refractivity contribution in [3.05, 3.63) is 70.2 Å². The summed E-state index contributed by atoms with van der Waals surface area (Å²) in [6.07, 6.45) is 0.817. The highest BCUT2D eigenvalue weighted by Gasteiger charge is 2.14. The lowest BCUT2D eigenvalue weighted by atomic mass is 9.99. The second-order valence-electron chi connectivity index (χ2n) is 4.60. The van der Waals surface area contributed by atoms with E-state index in [2.05, 4.69) is 5.43 Å². The molecule has 20 heavy (non-hydrogen) atoms. The number of nitrogens with one attached hydrogen (secondary N) is 1. The van der Waals surface area contributed by atoms with E-state index in [9.17, 15) is 8.78 Å². The van der Waals surface area contributed by atoms with Crippen LogP contribution in [0.4, 0.5) is 8.78 Å². The van der Waals surface area contributed by atoms with Gasteiger partial charge in [0.1, 0.15) is 11.6 Å². The molecule has 0 spiro atoms. The zero-order valence-corrected chi connectivity index (χ0v) is 11.5. The van der Waals surface area contributed by atoms with E-state index in [0.29, 0.717) is 17.0 Å². The van der Waals surface area contributed by atoms with Crippen LogP contribution in [0.5, 0.6) is 0 Å². The fourth-order valence-electron chi connectivity index (χ4n) is 2.08. The van der Waals surface area contributed by atoms with Gasteiger partial charge in [-0.05, 0) is 48.2 Å². The monoisotopic (exact) mass is 296 g/mol. The zero-order chi connectivity index (χ0) is 14.5. The van der Waals surface area contributed by atoms with Gasteiger partial charge in [-0.25, -0.2) is 8.78 Å². The second kappa shape index (κ2) is 6.79. The topological polar surface area (TPSA) is 38.0 Å². The zero-order valence-electron chi connectivity index (χ0n) is 10.7. The highest BCUT2D eigenvalue weighted by molar-refractivity contribution is 6.31. The second-order valence-corrected chi connectivity index (χ2v) is 5.01. The Morgan fingerprint density at radius 1 is 1.05 bits per heavy atom. The minimum atomic E-state index is -0.463. The Labute approximate surface area is 121 Å². The number of nitrogens with two attached hydrogens (primary N) is 1. The minimum absolute atomic E-state index is 0.230. The van der Waals surface area contributed by atoms with Crippen molar-refractivity contribution in [2.24, 2.45) is 5.84 Å². The maximum absolute atomic E-state index is 13.6. The first kappa shape index (κ1) is 14.9. The molecule has 0 fully saturated rings. The van der Waals surface area contributed by atoms with E-state index < -0.39 is 11.6 Å². The summed E-state index contributed by atoms with van der Waals surface area (Å²) in [6.45, 7) is 0. The van der Waals surface area contributed by atoms with Gasteiger partial charge in [0.25, 0.3) is 0 Å². The average Bonchev–Trinajstić information content (AvgIpc) is 2.44. The molecule has 0 aromatic heterocycles. The molecule has 0 amide bonds. The Morgan fingerprint density at radius 3 is 2.45 bits per heavy atom. The molecule has 2 aromatic carbocycles. The summed E-state index contributed by atoms with van der Waals surface area (Å²) in [4.78, 5) is 0. The third kappa shape index (κ3) is 3.76. The van der Waals surface area contributed by atoms with Crippen molar-refractivity contribution in [3.8, 4) is 0 Å². The molecule has 0 heterocycles. The molecule has 2 rings (SSSR count). The van der Waals surface area contributed by atoms with Crippen LogP contribution in [0.15, 0.2) is 42.5 Å². The van der Waals surface area contributed by atoms with Crippen molar-refractivity contribution in [1.29, 1.82) is 0 Å². The largest absolute Gasteiger partial charge is 0.271 e. The number of hydrazine groups is 1. The van der Waals surface area contributed by atoms with Crippen LogP contribution >= 0.6 is 11.6 Å². The van der Waals surface area contributed by atoms with E-state index in [0.717, 1.165) is 17.7 Å². The van der Waals surface area contributed by atoms with Gasteiger partial charge in [0, 0.05) is 11.1 Å². The molecule has 0 aliphatic carbocycles. The van der Waals surface area contributed by atoms with Gasteiger partial charge in [0.15, 0.2) is 0 Å². The predicted molar refractivity (Wildman–Crippen MR) is 76.3 cm³/mol. The molecule has 2 nitrogen and oxygen atoms in total. The summed E-state index contributed by atoms with van der Waals surface area (Å²) < 4.78 is 26.8. The van der Waals surface area contributed by atoms with E-state index in [4.69, 9.17) is 17.4 Å². The lowest BCUT2D eigenvalue weighted by Gasteiger charge is -2.17. The van der Waals surface area contributed by atoms with Crippen molar-refractivity contribution in [2.45, 2.75) is 18.9 Å². The van der Waals surface area contributed by atoms with Gasteiger partial charge in [0.2, 0.25) is 0 Å². The average molecular weight is 297 g/mol. The molecule has 106 valence electrons. The smallest absolute Gasteiger partial charge is 0.126 e. The Morgan fingerprint density at radius 2 is 1.75 bits per heavy atom. The molecule has 3 N–H and O–H groups in total. The quantitative estimate of drug-likeness (QED) is 0.657. The SMILES string of the molecule is NNC(Cc1cc(F)ccc1F)Cc1ccccc1Cl. The summed E-state index contributed by atoms with van der Waals surface area (Å²) in [5.74, 6) is 4.60. The van der Waals surface area contributed by atoms with Gasteiger partial charge in [-0.1, -0.05) is 29.8 Å². The van der Waals surface area contributed by atoms with Crippen LogP contribution in [0, 0.1) is 11.6 Å². The van der Waals surface area contributed by atoms with Crippen molar-refractivity contribution < 1.29 is 8.78 Å². The lowest BCUT2D eigenvalue weighted by molar-refractivity contribution is 0.502. The lowest BCUT2D eigenvalue weighted by Crippen LogP contribution is -2.38. The molecular weight excluding hydrogens is 282 g/mol. The van der Waals surface area contributed by atoms with E-state index in [-0.39, 0.29) is 12.5 Å². The molecule has 0 saturated carbocycles. The number of hydrogen-bond donors (Lipinski definition) is 2.